The van der Waals surface area contributed by atoms with Gasteiger partial charge in [-0.1, -0.05) is 101 Å². The predicted molar refractivity (Wildman–Crippen MR) is 144 cm³/mol. The van der Waals surface area contributed by atoms with Crippen LogP contribution in [0, 0.1) is 13.8 Å². The first-order valence-electron chi connectivity index (χ1n) is 11.4. The van der Waals surface area contributed by atoms with Crippen molar-refractivity contribution < 1.29 is 5.11 Å². The summed E-state index contributed by atoms with van der Waals surface area (Å²) >= 11 is 0. The van der Waals surface area contributed by atoms with Crippen LogP contribution < -0.4 is 10.2 Å². The maximum atomic E-state index is 10.8. The number of rotatable bonds is 7. The minimum Gasteiger partial charge on any atom is -0.507 e. The zero-order chi connectivity index (χ0) is 23.4. The topological polar surface area (TPSA) is 23.5 Å². The van der Waals surface area contributed by atoms with Gasteiger partial charge in [-0.2, -0.15) is 0 Å². The van der Waals surface area contributed by atoms with E-state index in [1.165, 1.54) is 27.8 Å². The summed E-state index contributed by atoms with van der Waals surface area (Å²) in [6, 6.07) is 34.0. The molecule has 1 atom stereocenters. The molecule has 168 valence electrons. The van der Waals surface area contributed by atoms with E-state index in [-0.39, 0.29) is 5.16 Å². The summed E-state index contributed by atoms with van der Waals surface area (Å²) in [6.07, 6.45) is 0. The zero-order valence-electron chi connectivity index (χ0n) is 19.8. The lowest BCUT2D eigenvalue weighted by atomic mass is 9.99. The van der Waals surface area contributed by atoms with E-state index in [1.54, 1.807) is 0 Å². The van der Waals surface area contributed by atoms with Crippen molar-refractivity contribution in [3.63, 3.8) is 0 Å². The Balaban J connectivity index is 1.73. The average molecular weight is 454 g/mol. The third-order valence-corrected chi connectivity index (χ3v) is 7.73. The maximum absolute atomic E-state index is 10.8. The van der Waals surface area contributed by atoms with Crippen molar-refractivity contribution in [2.24, 2.45) is 0 Å². The molecule has 3 heteroatoms. The van der Waals surface area contributed by atoms with Gasteiger partial charge in [-0.25, -0.2) is 0 Å². The molecule has 0 amide bonds. The summed E-state index contributed by atoms with van der Waals surface area (Å²) in [5.74, 6) is 0.416. The fourth-order valence-corrected chi connectivity index (χ4v) is 5.75. The van der Waals surface area contributed by atoms with Gasteiger partial charge in [0, 0.05) is 28.6 Å². The van der Waals surface area contributed by atoms with E-state index >= 15 is 0 Å². The van der Waals surface area contributed by atoms with E-state index in [2.05, 4.69) is 111 Å². The maximum Gasteiger partial charge on any atom is 0.122 e. The predicted octanol–water partition coefficient (Wildman–Crippen LogP) is 7.59. The van der Waals surface area contributed by atoms with Gasteiger partial charge >= 0.3 is 0 Å². The quantitative estimate of drug-likeness (QED) is 0.291. The summed E-state index contributed by atoms with van der Waals surface area (Å²) in [7, 11) is 0.525. The van der Waals surface area contributed by atoms with Crippen LogP contribution in [0.1, 0.15) is 36.1 Å². The Kier molecular flexibility index (Phi) is 6.86. The van der Waals surface area contributed by atoms with Crippen molar-refractivity contribution in [1.29, 1.82) is 0 Å². The van der Waals surface area contributed by atoms with E-state index in [0.29, 0.717) is 14.3 Å². The zero-order valence-corrected chi connectivity index (χ0v) is 20.8. The van der Waals surface area contributed by atoms with Crippen LogP contribution in [0.4, 0.5) is 11.4 Å². The summed E-state index contributed by atoms with van der Waals surface area (Å²) in [4.78, 5) is 2.37. The molecule has 0 aliphatic carbocycles. The molecule has 1 N–H and O–H groups in total. The number of para-hydroxylation sites is 3. The summed E-state index contributed by atoms with van der Waals surface area (Å²) in [5, 5.41) is 11.9. The van der Waals surface area contributed by atoms with Crippen LogP contribution in [-0.4, -0.2) is 5.11 Å². The normalized spacial score (nSPS) is 11.8. The SMILES string of the molecule is Cc1ccc(PC(C)(C)c2cccc(C)c2O)c(CN(c2ccccc2)c2ccccc2)c1. The van der Waals surface area contributed by atoms with Crippen LogP contribution in [0.5, 0.6) is 5.75 Å². The highest BCUT2D eigenvalue weighted by molar-refractivity contribution is 7.48. The number of benzene rings is 4. The molecule has 0 aromatic heterocycles. The van der Waals surface area contributed by atoms with Gasteiger partial charge in [0.2, 0.25) is 0 Å². The number of phenols is 1. The molecular formula is C30H32NOP. The minimum atomic E-state index is -0.176. The lowest BCUT2D eigenvalue weighted by molar-refractivity contribution is 0.457. The fourth-order valence-electron chi connectivity index (χ4n) is 4.26. The van der Waals surface area contributed by atoms with E-state index in [4.69, 9.17) is 0 Å². The summed E-state index contributed by atoms with van der Waals surface area (Å²) < 4.78 is 0. The van der Waals surface area contributed by atoms with Gasteiger partial charge in [0.1, 0.15) is 5.75 Å². The van der Waals surface area contributed by atoms with Crippen molar-refractivity contribution in [3.8, 4) is 5.75 Å². The number of nitrogens with zero attached hydrogens (tertiary/aromatic N) is 1. The molecule has 0 heterocycles. The van der Waals surface area contributed by atoms with Gasteiger partial charge in [0.15, 0.2) is 0 Å². The van der Waals surface area contributed by atoms with Crippen LogP contribution in [0.3, 0.4) is 0 Å². The number of aromatic hydroxyl groups is 1. The first-order valence-corrected chi connectivity index (χ1v) is 12.4. The first kappa shape index (κ1) is 23.1. The second kappa shape index (κ2) is 9.81. The fraction of sp³-hybridized carbons (Fsp3) is 0.200. The Labute approximate surface area is 199 Å². The largest absolute Gasteiger partial charge is 0.507 e. The van der Waals surface area contributed by atoms with Crippen molar-refractivity contribution in [2.75, 3.05) is 4.90 Å². The van der Waals surface area contributed by atoms with Gasteiger partial charge in [-0.3, -0.25) is 0 Å². The molecule has 0 saturated carbocycles. The molecule has 4 aromatic rings. The van der Waals surface area contributed by atoms with Gasteiger partial charge in [-0.05, 0) is 54.5 Å². The Hall–Kier alpha value is -3.09. The van der Waals surface area contributed by atoms with Gasteiger partial charge in [0.25, 0.3) is 0 Å². The minimum absolute atomic E-state index is 0.176. The molecule has 0 spiro atoms. The Morgan fingerprint density at radius 1 is 0.758 bits per heavy atom. The van der Waals surface area contributed by atoms with E-state index < -0.39 is 0 Å². The van der Waals surface area contributed by atoms with Crippen molar-refractivity contribution >= 4 is 25.3 Å². The van der Waals surface area contributed by atoms with Gasteiger partial charge < -0.3 is 10.0 Å². The highest BCUT2D eigenvalue weighted by Crippen LogP contribution is 2.45. The lowest BCUT2D eigenvalue weighted by Gasteiger charge is -2.30. The molecule has 0 bridgehead atoms. The van der Waals surface area contributed by atoms with Crippen molar-refractivity contribution in [1.82, 2.24) is 0 Å². The summed E-state index contributed by atoms with van der Waals surface area (Å²) in [6.45, 7) is 9.37. The number of phenolic OH excluding ortho intramolecular Hbond substituents is 1. The van der Waals surface area contributed by atoms with Gasteiger partial charge in [0.05, 0.1) is 0 Å². The molecule has 0 aliphatic rings. The second-order valence-corrected chi connectivity index (χ2v) is 11.2. The van der Waals surface area contributed by atoms with Crippen molar-refractivity contribution in [3.05, 3.63) is 119 Å². The standard InChI is InChI=1S/C30H32NOP/c1-22-18-19-28(33-30(3,4)27-17-11-12-23(2)29(27)32)24(20-22)21-31(25-13-7-5-8-14-25)26-15-9-6-10-16-26/h5-20,32-33H,21H2,1-4H3. The lowest BCUT2D eigenvalue weighted by Crippen LogP contribution is -2.23. The third-order valence-electron chi connectivity index (χ3n) is 6.08. The molecular weight excluding hydrogens is 421 g/mol. The van der Waals surface area contributed by atoms with Gasteiger partial charge in [-0.15, -0.1) is 0 Å². The molecule has 4 aromatic carbocycles. The number of hydrogen-bond donors (Lipinski definition) is 1. The Morgan fingerprint density at radius 2 is 1.36 bits per heavy atom. The monoisotopic (exact) mass is 453 g/mol. The molecule has 0 aliphatic heterocycles. The molecule has 1 unspecified atom stereocenters. The summed E-state index contributed by atoms with van der Waals surface area (Å²) in [5.41, 5.74) is 6.87. The molecule has 0 saturated heterocycles. The van der Waals surface area contributed by atoms with Crippen LogP contribution >= 0.6 is 8.58 Å². The van der Waals surface area contributed by atoms with Crippen molar-refractivity contribution in [2.45, 2.75) is 39.4 Å². The second-order valence-electron chi connectivity index (χ2n) is 9.14. The smallest absolute Gasteiger partial charge is 0.122 e. The number of aryl methyl sites for hydroxylation is 2. The van der Waals surface area contributed by atoms with Crippen LogP contribution in [0.2, 0.25) is 0 Å². The average Bonchev–Trinajstić information content (AvgIpc) is 2.82. The van der Waals surface area contributed by atoms with E-state index in [0.717, 1.165) is 17.7 Å². The highest BCUT2D eigenvalue weighted by Gasteiger charge is 2.26. The van der Waals surface area contributed by atoms with Crippen LogP contribution in [-0.2, 0) is 11.7 Å². The molecule has 0 fully saturated rings. The Morgan fingerprint density at radius 3 is 1.97 bits per heavy atom. The highest BCUT2D eigenvalue weighted by atomic mass is 31.1. The Bertz CT molecular complexity index is 1180. The number of hydrogen-bond acceptors (Lipinski definition) is 2. The molecule has 0 radical (unpaired) electrons. The first-order chi connectivity index (χ1) is 15.8. The third kappa shape index (κ3) is 5.29. The van der Waals surface area contributed by atoms with Crippen LogP contribution in [0.25, 0.3) is 0 Å². The number of anilines is 2. The molecule has 4 rings (SSSR count). The van der Waals surface area contributed by atoms with Crippen LogP contribution in [0.15, 0.2) is 97.1 Å². The molecule has 2 nitrogen and oxygen atoms in total. The molecule has 33 heavy (non-hydrogen) atoms. The van der Waals surface area contributed by atoms with E-state index in [1.807, 2.05) is 19.1 Å². The van der Waals surface area contributed by atoms with E-state index in [9.17, 15) is 5.11 Å².